The summed E-state index contributed by atoms with van der Waals surface area (Å²) in [7, 11) is 0.913. The van der Waals surface area contributed by atoms with Crippen LogP contribution in [0.4, 0.5) is 5.82 Å². The summed E-state index contributed by atoms with van der Waals surface area (Å²) in [5.74, 6) is 1.59. The maximum Gasteiger partial charge on any atom is 0.281 e. The van der Waals surface area contributed by atoms with Gasteiger partial charge in [0.1, 0.15) is 11.6 Å². The van der Waals surface area contributed by atoms with Gasteiger partial charge >= 0.3 is 0 Å². The molecule has 2 rings (SSSR count). The molecule has 0 radical (unpaired) electrons. The van der Waals surface area contributed by atoms with Gasteiger partial charge in [-0.1, -0.05) is 13.8 Å². The highest BCUT2D eigenvalue weighted by Crippen LogP contribution is 2.28. The van der Waals surface area contributed by atoms with E-state index in [9.17, 15) is 13.2 Å². The van der Waals surface area contributed by atoms with E-state index in [4.69, 9.17) is 0 Å². The number of amides is 1. The number of aryl methyl sites for hydroxylation is 1. The Morgan fingerprint density at radius 3 is 2.38 bits per heavy atom. The highest BCUT2D eigenvalue weighted by Gasteiger charge is 2.29. The number of carbonyl (C=O) groups is 1. The highest BCUT2D eigenvalue weighted by molar-refractivity contribution is 7.86. The second kappa shape index (κ2) is 7.98. The first kappa shape index (κ1) is 20.7. The number of hydrogen-bond donors (Lipinski definition) is 0. The Bertz CT molecular complexity index is 777. The van der Waals surface area contributed by atoms with E-state index >= 15 is 0 Å². The summed E-state index contributed by atoms with van der Waals surface area (Å²) in [5, 5.41) is 0. The van der Waals surface area contributed by atoms with Crippen molar-refractivity contribution in [2.24, 2.45) is 5.92 Å². The molecule has 1 amide bonds. The third-order valence-electron chi connectivity index (χ3n) is 4.53. The van der Waals surface area contributed by atoms with E-state index in [0.717, 1.165) is 22.0 Å². The van der Waals surface area contributed by atoms with Crippen LogP contribution in [0.2, 0.25) is 0 Å². The molecule has 0 unspecified atom stereocenters. The zero-order valence-corrected chi connectivity index (χ0v) is 17.3. The fraction of sp³-hybridized carbons (Fsp3) is 0.706. The molecule has 1 aromatic heterocycles. The lowest BCUT2D eigenvalue weighted by atomic mass is 10.0. The number of rotatable bonds is 7. The lowest BCUT2D eigenvalue weighted by Crippen LogP contribution is -2.39. The minimum Gasteiger partial charge on any atom is -0.296 e. The van der Waals surface area contributed by atoms with Crippen molar-refractivity contribution in [3.05, 3.63) is 17.1 Å². The van der Waals surface area contributed by atoms with Crippen LogP contribution < -0.4 is 4.90 Å². The Kier molecular flexibility index (Phi) is 6.36. The number of fused-ring (bicyclic) bond motifs is 1. The molecule has 0 spiro atoms. The van der Waals surface area contributed by atoms with Crippen LogP contribution in [-0.4, -0.2) is 60.6 Å². The maximum atomic E-state index is 12.4. The Hall–Kier alpha value is -1.58. The van der Waals surface area contributed by atoms with Gasteiger partial charge in [0.2, 0.25) is 5.91 Å². The fourth-order valence-corrected chi connectivity index (χ4v) is 3.72. The van der Waals surface area contributed by atoms with Gasteiger partial charge in [0, 0.05) is 45.4 Å². The van der Waals surface area contributed by atoms with Crippen LogP contribution >= 0.6 is 0 Å². The molecule has 0 saturated heterocycles. The Morgan fingerprint density at radius 1 is 1.15 bits per heavy atom. The quantitative estimate of drug-likeness (QED) is 0.709. The fourth-order valence-electron chi connectivity index (χ4n) is 2.89. The Morgan fingerprint density at radius 2 is 1.81 bits per heavy atom. The van der Waals surface area contributed by atoms with Crippen LogP contribution in [0.3, 0.4) is 0 Å². The normalized spacial score (nSPS) is 15.3. The summed E-state index contributed by atoms with van der Waals surface area (Å²) >= 11 is 0. The van der Waals surface area contributed by atoms with E-state index in [1.165, 1.54) is 25.4 Å². The van der Waals surface area contributed by atoms with Crippen molar-refractivity contribution in [3.8, 4) is 0 Å². The lowest BCUT2D eigenvalue weighted by molar-refractivity contribution is -0.119. The van der Waals surface area contributed by atoms with Crippen LogP contribution in [0.5, 0.6) is 0 Å². The molecule has 0 aliphatic carbocycles. The van der Waals surface area contributed by atoms with E-state index in [1.807, 2.05) is 6.92 Å². The van der Waals surface area contributed by atoms with Gasteiger partial charge in [-0.3, -0.25) is 9.69 Å². The molecular formula is C17H29N5O3S. The predicted molar refractivity (Wildman–Crippen MR) is 101 cm³/mol. The van der Waals surface area contributed by atoms with Crippen molar-refractivity contribution in [3.63, 3.8) is 0 Å². The Balaban J connectivity index is 2.35. The number of carbonyl (C=O) groups excluding carboxylic acids is 1. The zero-order chi connectivity index (χ0) is 19.6. The highest BCUT2D eigenvalue weighted by atomic mass is 32.2. The molecular weight excluding hydrogens is 354 g/mol. The number of hydrogen-bond acceptors (Lipinski definition) is 5. The Labute approximate surface area is 156 Å². The molecule has 0 fully saturated rings. The number of anilines is 1. The van der Waals surface area contributed by atoms with E-state index < -0.39 is 10.2 Å². The molecule has 8 nitrogen and oxygen atoms in total. The third-order valence-corrected chi connectivity index (χ3v) is 6.37. The summed E-state index contributed by atoms with van der Waals surface area (Å²) in [6.07, 6.45) is 1.98. The van der Waals surface area contributed by atoms with Crippen molar-refractivity contribution in [2.75, 3.05) is 32.6 Å². The first-order valence-corrected chi connectivity index (χ1v) is 10.2. The van der Waals surface area contributed by atoms with Crippen LogP contribution in [0.15, 0.2) is 0 Å². The maximum absolute atomic E-state index is 12.4. The predicted octanol–water partition coefficient (Wildman–Crippen LogP) is 1.35. The summed E-state index contributed by atoms with van der Waals surface area (Å²) in [5.41, 5.74) is 1.79. The van der Waals surface area contributed by atoms with Gasteiger partial charge in [-0.05, 0) is 25.7 Å². The smallest absolute Gasteiger partial charge is 0.281 e. The van der Waals surface area contributed by atoms with Gasteiger partial charge in [0.25, 0.3) is 10.2 Å². The van der Waals surface area contributed by atoms with Crippen LogP contribution in [0, 0.1) is 12.8 Å². The molecule has 0 N–H and O–H groups in total. The summed E-state index contributed by atoms with van der Waals surface area (Å²) in [4.78, 5) is 23.2. The van der Waals surface area contributed by atoms with Gasteiger partial charge in [-0.2, -0.15) is 17.0 Å². The monoisotopic (exact) mass is 383 g/mol. The third kappa shape index (κ3) is 4.39. The van der Waals surface area contributed by atoms with Crippen LogP contribution in [0.1, 0.15) is 43.8 Å². The molecule has 0 atom stereocenters. The molecule has 1 aliphatic heterocycles. The molecule has 26 heavy (non-hydrogen) atoms. The first-order valence-electron chi connectivity index (χ1n) is 8.84. The first-order chi connectivity index (χ1) is 12.0. The number of nitrogens with zero attached hydrogens (tertiary/aromatic N) is 5. The largest absolute Gasteiger partial charge is 0.296 e. The second-order valence-electron chi connectivity index (χ2n) is 7.30. The standard InChI is InChI=1S/C17H29N5O3S/c1-12(2)9-10-22-16(23)8-7-14-13(3)18-15(19-17(14)22)11-21(6)26(24,25)20(4)5/h12H,7-11H2,1-6H3. The average molecular weight is 384 g/mol. The molecule has 0 aromatic carbocycles. The van der Waals surface area contributed by atoms with E-state index in [2.05, 4.69) is 23.8 Å². The molecule has 146 valence electrons. The second-order valence-corrected chi connectivity index (χ2v) is 9.55. The zero-order valence-electron chi connectivity index (χ0n) is 16.5. The minimum absolute atomic E-state index is 0.0564. The molecule has 1 aromatic rings. The van der Waals surface area contributed by atoms with Crippen LogP contribution in [0.25, 0.3) is 0 Å². The average Bonchev–Trinajstić information content (AvgIpc) is 2.53. The molecule has 9 heteroatoms. The lowest BCUT2D eigenvalue weighted by Gasteiger charge is -2.30. The van der Waals surface area contributed by atoms with E-state index in [1.54, 1.807) is 4.90 Å². The van der Waals surface area contributed by atoms with Gasteiger partial charge in [0.15, 0.2) is 0 Å². The topological polar surface area (TPSA) is 86.7 Å². The molecule has 1 aliphatic rings. The molecule has 0 saturated carbocycles. The number of aromatic nitrogens is 2. The molecule has 0 bridgehead atoms. The summed E-state index contributed by atoms with van der Waals surface area (Å²) in [6, 6.07) is 0. The van der Waals surface area contributed by atoms with Gasteiger partial charge in [0.05, 0.1) is 6.54 Å². The van der Waals surface area contributed by atoms with Crippen molar-refractivity contribution in [2.45, 2.75) is 46.6 Å². The summed E-state index contributed by atoms with van der Waals surface area (Å²) < 4.78 is 26.8. The van der Waals surface area contributed by atoms with Gasteiger partial charge in [-0.25, -0.2) is 9.97 Å². The van der Waals surface area contributed by atoms with Crippen molar-refractivity contribution in [1.29, 1.82) is 0 Å². The SMILES string of the molecule is Cc1nc(CN(C)S(=O)(=O)N(C)C)nc2c1CCC(=O)N2CCC(C)C. The van der Waals surface area contributed by atoms with Crippen molar-refractivity contribution >= 4 is 21.9 Å². The van der Waals surface area contributed by atoms with Crippen LogP contribution in [-0.2, 0) is 28.0 Å². The van der Waals surface area contributed by atoms with Crippen molar-refractivity contribution < 1.29 is 13.2 Å². The van der Waals surface area contributed by atoms with Gasteiger partial charge < -0.3 is 0 Å². The van der Waals surface area contributed by atoms with E-state index in [-0.39, 0.29) is 12.5 Å². The van der Waals surface area contributed by atoms with Crippen molar-refractivity contribution in [1.82, 2.24) is 18.6 Å². The molecule has 2 heterocycles. The minimum atomic E-state index is -3.55. The van der Waals surface area contributed by atoms with E-state index in [0.29, 0.717) is 36.9 Å². The van der Waals surface area contributed by atoms with Gasteiger partial charge in [-0.15, -0.1) is 0 Å². The summed E-state index contributed by atoms with van der Waals surface area (Å²) in [6.45, 7) is 6.80.